The molecule has 0 fully saturated rings. The van der Waals surface area contributed by atoms with Gasteiger partial charge in [-0.05, 0) is 25.1 Å². The van der Waals surface area contributed by atoms with Crippen LogP contribution in [0.3, 0.4) is 0 Å². The SMILES string of the molecule is Cc1ccc(C(=O)Cn2cccc2C=CC(=O)NO)cc1. The number of hydrogen-bond donors (Lipinski definition) is 2. The van der Waals surface area contributed by atoms with Crippen LogP contribution in [0.4, 0.5) is 0 Å². The maximum Gasteiger partial charge on any atom is 0.267 e. The Bertz CT molecular complexity index is 669. The van der Waals surface area contributed by atoms with Gasteiger partial charge in [0.2, 0.25) is 0 Å². The zero-order valence-electron chi connectivity index (χ0n) is 11.6. The molecule has 21 heavy (non-hydrogen) atoms. The number of aryl methyl sites for hydroxylation is 1. The Morgan fingerprint density at radius 3 is 2.62 bits per heavy atom. The highest BCUT2D eigenvalue weighted by Crippen LogP contribution is 2.09. The summed E-state index contributed by atoms with van der Waals surface area (Å²) >= 11 is 0. The molecule has 2 aromatic rings. The number of carbonyl (C=O) groups is 2. The topological polar surface area (TPSA) is 71.3 Å². The van der Waals surface area contributed by atoms with E-state index in [4.69, 9.17) is 5.21 Å². The lowest BCUT2D eigenvalue weighted by molar-refractivity contribution is -0.124. The number of hydroxylamine groups is 1. The van der Waals surface area contributed by atoms with Gasteiger partial charge in [0, 0.05) is 23.5 Å². The molecule has 1 amide bonds. The number of aromatic nitrogens is 1. The number of rotatable bonds is 5. The first kappa shape index (κ1) is 14.7. The summed E-state index contributed by atoms with van der Waals surface area (Å²) in [5.41, 5.74) is 3.98. The van der Waals surface area contributed by atoms with Crippen molar-refractivity contribution in [3.63, 3.8) is 0 Å². The monoisotopic (exact) mass is 284 g/mol. The minimum absolute atomic E-state index is 0.00698. The molecular weight excluding hydrogens is 268 g/mol. The van der Waals surface area contributed by atoms with Crippen molar-refractivity contribution >= 4 is 17.8 Å². The van der Waals surface area contributed by atoms with Crippen molar-refractivity contribution in [1.29, 1.82) is 0 Å². The van der Waals surface area contributed by atoms with Gasteiger partial charge in [-0.2, -0.15) is 0 Å². The van der Waals surface area contributed by atoms with Crippen LogP contribution in [0.25, 0.3) is 6.08 Å². The third-order valence-electron chi connectivity index (χ3n) is 3.07. The zero-order chi connectivity index (χ0) is 15.2. The highest BCUT2D eigenvalue weighted by molar-refractivity contribution is 5.96. The number of amides is 1. The number of carbonyl (C=O) groups excluding carboxylic acids is 2. The number of Topliss-reactive ketones (excluding diaryl/α,β-unsaturated/α-hetero) is 1. The van der Waals surface area contributed by atoms with Crippen molar-refractivity contribution in [2.75, 3.05) is 0 Å². The van der Waals surface area contributed by atoms with Gasteiger partial charge in [0.25, 0.3) is 5.91 Å². The summed E-state index contributed by atoms with van der Waals surface area (Å²) in [5.74, 6) is -0.625. The maximum absolute atomic E-state index is 12.2. The van der Waals surface area contributed by atoms with Crippen molar-refractivity contribution in [1.82, 2.24) is 10.0 Å². The van der Waals surface area contributed by atoms with E-state index in [1.54, 1.807) is 35.0 Å². The summed E-state index contributed by atoms with van der Waals surface area (Å²) < 4.78 is 1.74. The fourth-order valence-electron chi connectivity index (χ4n) is 1.91. The summed E-state index contributed by atoms with van der Waals surface area (Å²) in [6, 6.07) is 11.0. The average molecular weight is 284 g/mol. The Kier molecular flexibility index (Phi) is 4.68. The second-order valence-electron chi connectivity index (χ2n) is 4.66. The number of nitrogens with zero attached hydrogens (tertiary/aromatic N) is 1. The van der Waals surface area contributed by atoms with Crippen molar-refractivity contribution in [3.8, 4) is 0 Å². The molecular formula is C16H16N2O3. The van der Waals surface area contributed by atoms with Gasteiger partial charge in [-0.15, -0.1) is 0 Å². The molecule has 0 spiro atoms. The zero-order valence-corrected chi connectivity index (χ0v) is 11.6. The Morgan fingerprint density at radius 1 is 1.24 bits per heavy atom. The smallest absolute Gasteiger partial charge is 0.267 e. The number of benzene rings is 1. The van der Waals surface area contributed by atoms with Crippen molar-refractivity contribution in [2.45, 2.75) is 13.5 Å². The summed E-state index contributed by atoms with van der Waals surface area (Å²) in [6.45, 7) is 2.16. The van der Waals surface area contributed by atoms with Crippen LogP contribution in [0, 0.1) is 6.92 Å². The van der Waals surface area contributed by atoms with Crippen LogP contribution in [0.5, 0.6) is 0 Å². The lowest BCUT2D eigenvalue weighted by atomic mass is 10.1. The van der Waals surface area contributed by atoms with Crippen LogP contribution >= 0.6 is 0 Å². The van der Waals surface area contributed by atoms with E-state index in [2.05, 4.69) is 0 Å². The molecule has 0 saturated carbocycles. The molecule has 0 atom stereocenters. The second-order valence-corrected chi connectivity index (χ2v) is 4.66. The van der Waals surface area contributed by atoms with Gasteiger partial charge >= 0.3 is 0 Å². The van der Waals surface area contributed by atoms with Gasteiger partial charge in [-0.25, -0.2) is 5.48 Å². The van der Waals surface area contributed by atoms with E-state index >= 15 is 0 Å². The predicted molar refractivity (Wildman–Crippen MR) is 78.9 cm³/mol. The van der Waals surface area contributed by atoms with Gasteiger partial charge in [0.15, 0.2) is 5.78 Å². The normalized spacial score (nSPS) is 10.8. The molecule has 1 aromatic carbocycles. The van der Waals surface area contributed by atoms with E-state index in [-0.39, 0.29) is 12.3 Å². The lowest BCUT2D eigenvalue weighted by Gasteiger charge is -2.06. The highest BCUT2D eigenvalue weighted by atomic mass is 16.5. The fourth-order valence-corrected chi connectivity index (χ4v) is 1.91. The first-order chi connectivity index (χ1) is 10.1. The molecule has 5 heteroatoms. The second kappa shape index (κ2) is 6.67. The van der Waals surface area contributed by atoms with E-state index in [9.17, 15) is 9.59 Å². The van der Waals surface area contributed by atoms with E-state index in [1.165, 1.54) is 17.6 Å². The predicted octanol–water partition coefficient (Wildman–Crippen LogP) is 2.20. The third-order valence-corrected chi connectivity index (χ3v) is 3.07. The van der Waals surface area contributed by atoms with Gasteiger partial charge in [-0.1, -0.05) is 29.8 Å². The van der Waals surface area contributed by atoms with E-state index in [0.717, 1.165) is 5.56 Å². The number of ketones is 1. The number of nitrogens with one attached hydrogen (secondary N) is 1. The van der Waals surface area contributed by atoms with Crippen LogP contribution < -0.4 is 5.48 Å². The molecule has 1 heterocycles. The Labute approximate surface area is 122 Å². The van der Waals surface area contributed by atoms with E-state index in [0.29, 0.717) is 11.3 Å². The quantitative estimate of drug-likeness (QED) is 0.383. The molecule has 108 valence electrons. The molecule has 1 aromatic heterocycles. The van der Waals surface area contributed by atoms with Gasteiger partial charge in [0.05, 0.1) is 6.54 Å². The van der Waals surface area contributed by atoms with Gasteiger partial charge in [0.1, 0.15) is 0 Å². The minimum Gasteiger partial charge on any atom is -0.340 e. The minimum atomic E-state index is -0.618. The van der Waals surface area contributed by atoms with Crippen LogP contribution in [0.2, 0.25) is 0 Å². The van der Waals surface area contributed by atoms with E-state index < -0.39 is 5.91 Å². The third kappa shape index (κ3) is 3.90. The largest absolute Gasteiger partial charge is 0.340 e. The standard InChI is InChI=1S/C16H16N2O3/c1-12-4-6-13(7-5-12)15(19)11-18-10-2-3-14(18)8-9-16(20)17-21/h2-10,21H,11H2,1H3,(H,17,20). The van der Waals surface area contributed by atoms with Crippen molar-refractivity contribution in [3.05, 3.63) is 65.5 Å². The van der Waals surface area contributed by atoms with Gasteiger partial charge in [-0.3, -0.25) is 14.8 Å². The lowest BCUT2D eigenvalue weighted by Crippen LogP contribution is -2.15. The fraction of sp³-hybridized carbons (Fsp3) is 0.125. The highest BCUT2D eigenvalue weighted by Gasteiger charge is 2.08. The van der Waals surface area contributed by atoms with Crippen LogP contribution in [-0.2, 0) is 11.3 Å². The van der Waals surface area contributed by atoms with Crippen LogP contribution in [0.1, 0.15) is 21.6 Å². The molecule has 0 bridgehead atoms. The van der Waals surface area contributed by atoms with Crippen LogP contribution in [-0.4, -0.2) is 21.5 Å². The summed E-state index contributed by atoms with van der Waals surface area (Å²) in [6.07, 6.45) is 4.50. The Morgan fingerprint density at radius 2 is 1.95 bits per heavy atom. The molecule has 0 aliphatic heterocycles. The van der Waals surface area contributed by atoms with Crippen LogP contribution in [0.15, 0.2) is 48.7 Å². The molecule has 2 rings (SSSR count). The van der Waals surface area contributed by atoms with Gasteiger partial charge < -0.3 is 4.57 Å². The summed E-state index contributed by atoms with van der Waals surface area (Å²) in [5, 5.41) is 8.44. The summed E-state index contributed by atoms with van der Waals surface area (Å²) in [7, 11) is 0. The molecule has 0 radical (unpaired) electrons. The molecule has 0 saturated heterocycles. The Balaban J connectivity index is 2.11. The molecule has 0 aliphatic carbocycles. The molecule has 5 nitrogen and oxygen atoms in total. The number of hydrogen-bond acceptors (Lipinski definition) is 3. The molecule has 2 N–H and O–H groups in total. The molecule has 0 aliphatic rings. The first-order valence-electron chi connectivity index (χ1n) is 6.47. The molecule has 0 unspecified atom stereocenters. The van der Waals surface area contributed by atoms with Crippen molar-refractivity contribution in [2.24, 2.45) is 0 Å². The summed E-state index contributed by atoms with van der Waals surface area (Å²) in [4.78, 5) is 23.2. The first-order valence-corrected chi connectivity index (χ1v) is 6.47. The Hall–Kier alpha value is -2.66. The van der Waals surface area contributed by atoms with E-state index in [1.807, 2.05) is 19.1 Å². The van der Waals surface area contributed by atoms with Crippen molar-refractivity contribution < 1.29 is 14.8 Å². The maximum atomic E-state index is 12.2. The average Bonchev–Trinajstić information content (AvgIpc) is 2.92.